The molecule has 0 bridgehead atoms. The average molecular weight is 452 g/mol. The van der Waals surface area contributed by atoms with Gasteiger partial charge in [0.25, 0.3) is 5.91 Å². The van der Waals surface area contributed by atoms with Crippen LogP contribution in [0.1, 0.15) is 41.2 Å². The van der Waals surface area contributed by atoms with Crippen molar-refractivity contribution in [3.8, 4) is 5.75 Å². The molecule has 2 fully saturated rings. The fourth-order valence-corrected chi connectivity index (χ4v) is 4.12. The molecule has 2 aliphatic rings. The number of amides is 1. The Bertz CT molecular complexity index is 913. The minimum atomic E-state index is -4.76. The molecule has 4 rings (SSSR count). The van der Waals surface area contributed by atoms with E-state index < -0.39 is 6.36 Å². The number of benzene rings is 2. The van der Waals surface area contributed by atoms with Crippen LogP contribution in [0.5, 0.6) is 5.75 Å². The van der Waals surface area contributed by atoms with Gasteiger partial charge in [-0.05, 0) is 61.2 Å². The molecule has 2 aromatic rings. The Morgan fingerprint density at radius 1 is 1.00 bits per heavy atom. The summed E-state index contributed by atoms with van der Waals surface area (Å²) in [6, 6.07) is 11.4. The van der Waals surface area contributed by atoms with Crippen molar-refractivity contribution in [2.75, 3.05) is 13.1 Å². The molecule has 2 atom stereocenters. The van der Waals surface area contributed by atoms with Gasteiger partial charge in [0.1, 0.15) is 11.6 Å². The summed E-state index contributed by atoms with van der Waals surface area (Å²) >= 11 is 0. The number of hydrogen-bond donors (Lipinski definition) is 3. The molecule has 0 radical (unpaired) electrons. The first-order valence-electron chi connectivity index (χ1n) is 10.4. The van der Waals surface area contributed by atoms with Gasteiger partial charge in [0.15, 0.2) is 0 Å². The summed E-state index contributed by atoms with van der Waals surface area (Å²) in [5.74, 6) is -0.941. The Hall–Kier alpha value is -2.69. The van der Waals surface area contributed by atoms with Crippen LogP contribution >= 0.6 is 0 Å². The number of rotatable bonds is 5. The van der Waals surface area contributed by atoms with E-state index in [0.29, 0.717) is 0 Å². The molecule has 0 aliphatic carbocycles. The second-order valence-electron chi connectivity index (χ2n) is 8.00. The third kappa shape index (κ3) is 5.76. The van der Waals surface area contributed by atoms with Crippen LogP contribution in [0.25, 0.3) is 0 Å². The first-order chi connectivity index (χ1) is 15.3. The summed E-state index contributed by atoms with van der Waals surface area (Å²) < 4.78 is 53.7. The molecule has 2 unspecified atom stereocenters. The minimum Gasteiger partial charge on any atom is -0.406 e. The molecule has 2 aromatic carbocycles. The fourth-order valence-electron chi connectivity index (χ4n) is 4.12. The maximum atomic E-state index is 13.1. The lowest BCUT2D eigenvalue weighted by Gasteiger charge is -2.35. The van der Waals surface area contributed by atoms with E-state index in [2.05, 4.69) is 25.8 Å². The summed E-state index contributed by atoms with van der Waals surface area (Å²) in [6.07, 6.45) is -2.25. The second kappa shape index (κ2) is 9.43. The highest BCUT2D eigenvalue weighted by Crippen LogP contribution is 2.26. The summed E-state index contributed by atoms with van der Waals surface area (Å²) in [6.45, 7) is 1.58. The standard InChI is InChI=1S/C22H24F4N4O2/c23-16-5-1-14(2-6-16)19-13-20(29-28-19)30-11-9-17(10-12-30)27-21(31)15-3-7-18(8-4-15)32-22(24,25)26/h1-8,17,19-20,28-29H,9-13H2,(H,27,31). The monoisotopic (exact) mass is 452 g/mol. The number of likely N-dealkylation sites (tertiary alicyclic amines) is 1. The molecule has 172 valence electrons. The molecule has 0 aromatic heterocycles. The molecule has 0 saturated carbocycles. The summed E-state index contributed by atoms with van der Waals surface area (Å²) in [4.78, 5) is 14.7. The number of nitrogens with one attached hydrogen (secondary N) is 3. The van der Waals surface area contributed by atoms with Gasteiger partial charge in [0, 0.05) is 30.7 Å². The third-order valence-electron chi connectivity index (χ3n) is 5.81. The van der Waals surface area contributed by atoms with Crippen LogP contribution in [-0.2, 0) is 0 Å². The normalized spacial score (nSPS) is 22.6. The van der Waals surface area contributed by atoms with Crippen molar-refractivity contribution in [3.63, 3.8) is 0 Å². The lowest BCUT2D eigenvalue weighted by molar-refractivity contribution is -0.274. The number of carbonyl (C=O) groups is 1. The van der Waals surface area contributed by atoms with Crippen molar-refractivity contribution in [2.45, 2.75) is 43.9 Å². The Labute approximate surface area is 182 Å². The second-order valence-corrected chi connectivity index (χ2v) is 8.00. The molecule has 2 saturated heterocycles. The number of hydrazine groups is 1. The first-order valence-corrected chi connectivity index (χ1v) is 10.4. The van der Waals surface area contributed by atoms with Crippen LogP contribution in [0.4, 0.5) is 17.6 Å². The van der Waals surface area contributed by atoms with Gasteiger partial charge < -0.3 is 10.1 Å². The van der Waals surface area contributed by atoms with Crippen molar-refractivity contribution in [2.24, 2.45) is 0 Å². The van der Waals surface area contributed by atoms with Crippen LogP contribution in [0.15, 0.2) is 48.5 Å². The fraction of sp³-hybridized carbons (Fsp3) is 0.409. The van der Waals surface area contributed by atoms with E-state index in [9.17, 15) is 22.4 Å². The van der Waals surface area contributed by atoms with Gasteiger partial charge in [0.05, 0.1) is 6.17 Å². The van der Waals surface area contributed by atoms with E-state index in [1.165, 1.54) is 24.3 Å². The number of halogens is 4. The molecular weight excluding hydrogens is 428 g/mol. The molecule has 10 heteroatoms. The number of ether oxygens (including phenoxy) is 1. The summed E-state index contributed by atoms with van der Waals surface area (Å²) in [5, 5.41) is 2.95. The van der Waals surface area contributed by atoms with Gasteiger partial charge in [0.2, 0.25) is 0 Å². The van der Waals surface area contributed by atoms with Crippen molar-refractivity contribution in [3.05, 3.63) is 65.5 Å². The van der Waals surface area contributed by atoms with Gasteiger partial charge in [-0.3, -0.25) is 9.69 Å². The van der Waals surface area contributed by atoms with Gasteiger partial charge in [-0.25, -0.2) is 15.2 Å². The van der Waals surface area contributed by atoms with Crippen molar-refractivity contribution in [1.82, 2.24) is 21.1 Å². The van der Waals surface area contributed by atoms with Crippen LogP contribution in [0, 0.1) is 5.82 Å². The first kappa shape index (κ1) is 22.5. The maximum absolute atomic E-state index is 13.1. The van der Waals surface area contributed by atoms with E-state index >= 15 is 0 Å². The number of alkyl halides is 3. The van der Waals surface area contributed by atoms with Crippen LogP contribution in [0.2, 0.25) is 0 Å². The molecule has 3 N–H and O–H groups in total. The Balaban J connectivity index is 1.23. The van der Waals surface area contributed by atoms with Crippen molar-refractivity contribution < 1.29 is 27.1 Å². The number of hydrogen-bond acceptors (Lipinski definition) is 5. The van der Waals surface area contributed by atoms with E-state index in [4.69, 9.17) is 0 Å². The lowest BCUT2D eigenvalue weighted by atomic mass is 10.0. The highest BCUT2D eigenvalue weighted by molar-refractivity contribution is 5.94. The molecule has 2 aliphatic heterocycles. The van der Waals surface area contributed by atoms with E-state index in [-0.39, 0.29) is 41.3 Å². The maximum Gasteiger partial charge on any atom is 0.573 e. The predicted octanol–water partition coefficient (Wildman–Crippen LogP) is 3.48. The largest absolute Gasteiger partial charge is 0.573 e. The van der Waals surface area contributed by atoms with Gasteiger partial charge in [-0.2, -0.15) is 0 Å². The number of carbonyl (C=O) groups excluding carboxylic acids is 1. The van der Waals surface area contributed by atoms with E-state index in [1.807, 2.05) is 0 Å². The third-order valence-corrected chi connectivity index (χ3v) is 5.81. The smallest absolute Gasteiger partial charge is 0.406 e. The van der Waals surface area contributed by atoms with E-state index in [0.717, 1.165) is 50.0 Å². The average Bonchev–Trinajstić information content (AvgIpc) is 3.24. The Kier molecular flexibility index (Phi) is 6.63. The molecule has 2 heterocycles. The van der Waals surface area contributed by atoms with E-state index in [1.54, 1.807) is 12.1 Å². The van der Waals surface area contributed by atoms with Crippen molar-refractivity contribution >= 4 is 5.91 Å². The highest BCUT2D eigenvalue weighted by atomic mass is 19.4. The van der Waals surface area contributed by atoms with Gasteiger partial charge >= 0.3 is 6.36 Å². The lowest BCUT2D eigenvalue weighted by Crippen LogP contribution is -2.51. The molecule has 1 amide bonds. The summed E-state index contributed by atoms with van der Waals surface area (Å²) in [7, 11) is 0. The van der Waals surface area contributed by atoms with Crippen molar-refractivity contribution in [1.29, 1.82) is 0 Å². The summed E-state index contributed by atoms with van der Waals surface area (Å²) in [5.41, 5.74) is 7.86. The highest BCUT2D eigenvalue weighted by Gasteiger charge is 2.33. The Morgan fingerprint density at radius 3 is 2.28 bits per heavy atom. The quantitative estimate of drug-likeness (QED) is 0.607. The predicted molar refractivity (Wildman–Crippen MR) is 109 cm³/mol. The molecule has 32 heavy (non-hydrogen) atoms. The zero-order chi connectivity index (χ0) is 22.7. The molecular formula is C22H24F4N4O2. The molecule has 6 nitrogen and oxygen atoms in total. The zero-order valence-corrected chi connectivity index (χ0v) is 17.2. The van der Waals surface area contributed by atoms with Crippen LogP contribution < -0.4 is 20.9 Å². The zero-order valence-electron chi connectivity index (χ0n) is 17.2. The number of nitrogens with zero attached hydrogens (tertiary/aromatic N) is 1. The Morgan fingerprint density at radius 2 is 1.66 bits per heavy atom. The van der Waals surface area contributed by atoms with Gasteiger partial charge in [-0.15, -0.1) is 13.2 Å². The van der Waals surface area contributed by atoms with Crippen LogP contribution in [0.3, 0.4) is 0 Å². The van der Waals surface area contributed by atoms with Crippen LogP contribution in [-0.4, -0.2) is 42.5 Å². The molecule has 0 spiro atoms. The topological polar surface area (TPSA) is 65.6 Å². The van der Waals surface area contributed by atoms with Gasteiger partial charge in [-0.1, -0.05) is 12.1 Å². The SMILES string of the molecule is O=C(NC1CCN(C2CC(c3ccc(F)cc3)NN2)CC1)c1ccc(OC(F)(F)F)cc1. The number of piperidine rings is 1. The minimum absolute atomic E-state index is 0.00731.